The predicted octanol–water partition coefficient (Wildman–Crippen LogP) is -0.373. The summed E-state index contributed by atoms with van der Waals surface area (Å²) in [4.78, 5) is 11.2. The van der Waals surface area contributed by atoms with Crippen molar-refractivity contribution in [2.24, 2.45) is 10.9 Å². The molecule has 0 saturated carbocycles. The van der Waals surface area contributed by atoms with Crippen molar-refractivity contribution in [2.75, 3.05) is 13.1 Å². The second-order valence-corrected chi connectivity index (χ2v) is 3.30. The second kappa shape index (κ2) is 8.05. The molecule has 0 aromatic carbocycles. The van der Waals surface area contributed by atoms with Gasteiger partial charge in [-0.05, 0) is 13.3 Å². The van der Waals surface area contributed by atoms with Crippen LogP contribution < -0.4 is 16.4 Å². The summed E-state index contributed by atoms with van der Waals surface area (Å²) in [5, 5.41) is 17.0. The lowest BCUT2D eigenvalue weighted by Gasteiger charge is -2.11. The summed E-state index contributed by atoms with van der Waals surface area (Å²) < 4.78 is 0. The molecule has 0 radical (unpaired) electrons. The number of rotatable bonds is 7. The number of amidine groups is 1. The largest absolute Gasteiger partial charge is 0.409 e. The maximum absolute atomic E-state index is 11.2. The van der Waals surface area contributed by atoms with Crippen LogP contribution in [0.3, 0.4) is 0 Å². The Bertz CT molecular complexity index is 218. The third kappa shape index (κ3) is 6.73. The SMILES string of the molecule is CCCNC(=O)CCNC(C)C(N)=NO. The van der Waals surface area contributed by atoms with Crippen molar-refractivity contribution in [3.8, 4) is 0 Å². The van der Waals surface area contributed by atoms with E-state index >= 15 is 0 Å². The maximum atomic E-state index is 11.2. The number of carbonyl (C=O) groups is 1. The van der Waals surface area contributed by atoms with Crippen molar-refractivity contribution in [1.82, 2.24) is 10.6 Å². The van der Waals surface area contributed by atoms with Crippen molar-refractivity contribution >= 4 is 11.7 Å². The summed E-state index contributed by atoms with van der Waals surface area (Å²) in [6.45, 7) is 4.97. The topological polar surface area (TPSA) is 99.7 Å². The van der Waals surface area contributed by atoms with Gasteiger partial charge in [-0.3, -0.25) is 4.79 Å². The monoisotopic (exact) mass is 216 g/mol. The molecule has 1 amide bonds. The highest BCUT2D eigenvalue weighted by Crippen LogP contribution is 1.84. The first-order valence-electron chi connectivity index (χ1n) is 5.09. The Kier molecular flexibility index (Phi) is 7.35. The van der Waals surface area contributed by atoms with Gasteiger partial charge in [-0.15, -0.1) is 0 Å². The molecule has 0 aliphatic carbocycles. The fraction of sp³-hybridized carbons (Fsp3) is 0.778. The maximum Gasteiger partial charge on any atom is 0.221 e. The summed E-state index contributed by atoms with van der Waals surface area (Å²) in [5.74, 6) is 0.125. The van der Waals surface area contributed by atoms with Gasteiger partial charge < -0.3 is 21.6 Å². The molecule has 0 fully saturated rings. The number of oxime groups is 1. The average molecular weight is 216 g/mol. The molecule has 1 unspecified atom stereocenters. The van der Waals surface area contributed by atoms with E-state index in [0.29, 0.717) is 19.5 Å². The van der Waals surface area contributed by atoms with E-state index in [1.165, 1.54) is 0 Å². The van der Waals surface area contributed by atoms with Crippen molar-refractivity contribution in [3.63, 3.8) is 0 Å². The van der Waals surface area contributed by atoms with E-state index in [0.717, 1.165) is 6.42 Å². The van der Waals surface area contributed by atoms with Crippen LogP contribution in [0, 0.1) is 0 Å². The van der Waals surface area contributed by atoms with Crippen molar-refractivity contribution in [2.45, 2.75) is 32.7 Å². The Balaban J connectivity index is 3.57. The molecule has 0 spiro atoms. The molecule has 0 heterocycles. The van der Waals surface area contributed by atoms with Gasteiger partial charge in [-0.25, -0.2) is 0 Å². The highest BCUT2D eigenvalue weighted by molar-refractivity contribution is 5.84. The summed E-state index contributed by atoms with van der Waals surface area (Å²) in [7, 11) is 0. The smallest absolute Gasteiger partial charge is 0.221 e. The van der Waals surface area contributed by atoms with E-state index in [2.05, 4.69) is 15.8 Å². The van der Waals surface area contributed by atoms with E-state index in [1.54, 1.807) is 6.92 Å². The molecule has 0 saturated heterocycles. The molecule has 0 aromatic rings. The summed E-state index contributed by atoms with van der Waals surface area (Å²) in [5.41, 5.74) is 5.35. The van der Waals surface area contributed by atoms with Crippen LogP contribution in [0.5, 0.6) is 0 Å². The normalized spacial score (nSPS) is 13.6. The molecule has 15 heavy (non-hydrogen) atoms. The van der Waals surface area contributed by atoms with Crippen LogP contribution in [0.25, 0.3) is 0 Å². The minimum Gasteiger partial charge on any atom is -0.409 e. The highest BCUT2D eigenvalue weighted by Gasteiger charge is 2.07. The second-order valence-electron chi connectivity index (χ2n) is 3.30. The number of hydrogen-bond acceptors (Lipinski definition) is 4. The number of nitrogens with one attached hydrogen (secondary N) is 2. The summed E-state index contributed by atoms with van der Waals surface area (Å²) in [6, 6.07) is -0.228. The first kappa shape index (κ1) is 13.7. The lowest BCUT2D eigenvalue weighted by Crippen LogP contribution is -2.40. The zero-order valence-corrected chi connectivity index (χ0v) is 9.29. The highest BCUT2D eigenvalue weighted by atomic mass is 16.4. The quantitative estimate of drug-likeness (QED) is 0.202. The number of amides is 1. The van der Waals surface area contributed by atoms with Gasteiger partial charge in [0.05, 0.1) is 6.04 Å². The van der Waals surface area contributed by atoms with E-state index < -0.39 is 0 Å². The standard InChI is InChI=1S/C9H20N4O2/c1-3-5-12-8(14)4-6-11-7(2)9(10)13-15/h7,11,15H,3-6H2,1-2H3,(H2,10,13)(H,12,14). The van der Waals surface area contributed by atoms with Gasteiger partial charge in [0.2, 0.25) is 5.91 Å². The van der Waals surface area contributed by atoms with Gasteiger partial charge >= 0.3 is 0 Å². The minimum atomic E-state index is -0.228. The summed E-state index contributed by atoms with van der Waals surface area (Å²) in [6.07, 6.45) is 1.32. The van der Waals surface area contributed by atoms with E-state index in [4.69, 9.17) is 10.9 Å². The van der Waals surface area contributed by atoms with Crippen molar-refractivity contribution < 1.29 is 10.0 Å². The zero-order chi connectivity index (χ0) is 11.7. The molecule has 0 bridgehead atoms. The van der Waals surface area contributed by atoms with Crippen LogP contribution >= 0.6 is 0 Å². The fourth-order valence-electron chi connectivity index (χ4n) is 0.946. The van der Waals surface area contributed by atoms with Gasteiger partial charge in [0.1, 0.15) is 0 Å². The third-order valence-corrected chi connectivity index (χ3v) is 1.93. The molecular weight excluding hydrogens is 196 g/mol. The Morgan fingerprint density at radius 2 is 2.20 bits per heavy atom. The molecule has 6 nitrogen and oxygen atoms in total. The number of hydrogen-bond donors (Lipinski definition) is 4. The van der Waals surface area contributed by atoms with Gasteiger partial charge in [0.15, 0.2) is 5.84 Å². The van der Waals surface area contributed by atoms with Crippen LogP contribution in [-0.4, -0.2) is 36.1 Å². The Morgan fingerprint density at radius 3 is 2.73 bits per heavy atom. The molecule has 0 aliphatic rings. The third-order valence-electron chi connectivity index (χ3n) is 1.93. The Labute approximate surface area is 89.9 Å². The van der Waals surface area contributed by atoms with Gasteiger partial charge in [0.25, 0.3) is 0 Å². The van der Waals surface area contributed by atoms with Crippen LogP contribution in [0.1, 0.15) is 26.7 Å². The van der Waals surface area contributed by atoms with E-state index in [-0.39, 0.29) is 17.8 Å². The fourth-order valence-corrected chi connectivity index (χ4v) is 0.946. The first-order valence-corrected chi connectivity index (χ1v) is 5.09. The van der Waals surface area contributed by atoms with Gasteiger partial charge in [-0.1, -0.05) is 12.1 Å². The molecule has 1 atom stereocenters. The average Bonchev–Trinajstić information content (AvgIpc) is 2.24. The summed E-state index contributed by atoms with van der Waals surface area (Å²) >= 11 is 0. The predicted molar refractivity (Wildman–Crippen MR) is 58.8 cm³/mol. The van der Waals surface area contributed by atoms with Gasteiger partial charge in [-0.2, -0.15) is 0 Å². The van der Waals surface area contributed by atoms with Crippen LogP contribution in [0.4, 0.5) is 0 Å². The number of nitrogens with zero attached hydrogens (tertiary/aromatic N) is 1. The number of nitrogens with two attached hydrogens (primary N) is 1. The van der Waals surface area contributed by atoms with Crippen molar-refractivity contribution in [1.29, 1.82) is 0 Å². The molecule has 0 aliphatic heterocycles. The lowest BCUT2D eigenvalue weighted by molar-refractivity contribution is -0.120. The minimum absolute atomic E-state index is 0.0102. The number of carbonyl (C=O) groups excluding carboxylic acids is 1. The Morgan fingerprint density at radius 1 is 1.53 bits per heavy atom. The van der Waals surface area contributed by atoms with Crippen LogP contribution in [0.2, 0.25) is 0 Å². The van der Waals surface area contributed by atoms with Gasteiger partial charge in [0, 0.05) is 19.5 Å². The zero-order valence-electron chi connectivity index (χ0n) is 9.29. The molecule has 5 N–H and O–H groups in total. The molecule has 6 heteroatoms. The molecule has 0 aromatic heterocycles. The molecule has 88 valence electrons. The lowest BCUT2D eigenvalue weighted by atomic mass is 10.3. The van der Waals surface area contributed by atoms with E-state index in [1.807, 2.05) is 6.92 Å². The first-order chi connectivity index (χ1) is 7.11. The van der Waals surface area contributed by atoms with Crippen LogP contribution in [0.15, 0.2) is 5.16 Å². The Hall–Kier alpha value is -1.30. The molecule has 0 rings (SSSR count). The molecular formula is C9H20N4O2. The van der Waals surface area contributed by atoms with Crippen molar-refractivity contribution in [3.05, 3.63) is 0 Å². The van der Waals surface area contributed by atoms with E-state index in [9.17, 15) is 4.79 Å². The van der Waals surface area contributed by atoms with Crippen LogP contribution in [-0.2, 0) is 4.79 Å².